The fraction of sp³-hybridized carbons (Fsp3) is 0.353. The lowest BCUT2D eigenvalue weighted by molar-refractivity contribution is 0.387. The Hall–Kier alpha value is -2.38. The Bertz CT molecular complexity index is 919. The summed E-state index contributed by atoms with van der Waals surface area (Å²) in [5.74, 6) is -0.505. The summed E-state index contributed by atoms with van der Waals surface area (Å²) in [5.41, 5.74) is 4.73. The summed E-state index contributed by atoms with van der Waals surface area (Å²) < 4.78 is 0.950. The molecule has 4 N–H and O–H groups in total. The van der Waals surface area contributed by atoms with Crippen molar-refractivity contribution in [2.24, 2.45) is 10.7 Å². The lowest BCUT2D eigenvalue weighted by Crippen LogP contribution is -2.36. The first-order valence-corrected chi connectivity index (χ1v) is 8.49. The van der Waals surface area contributed by atoms with Crippen LogP contribution in [0.2, 0.25) is 5.02 Å². The molecule has 0 aliphatic heterocycles. The Labute approximate surface area is 148 Å². The van der Waals surface area contributed by atoms with E-state index < -0.39 is 17.1 Å². The maximum absolute atomic E-state index is 12.1. The summed E-state index contributed by atoms with van der Waals surface area (Å²) >= 11 is 6.10. The summed E-state index contributed by atoms with van der Waals surface area (Å²) in [6.45, 7) is 0. The number of aliphatic imine (C=N–C) groups is 1. The second-order valence-corrected chi connectivity index (χ2v) is 6.48. The van der Waals surface area contributed by atoms with Gasteiger partial charge in [0.25, 0.3) is 5.56 Å². The van der Waals surface area contributed by atoms with Gasteiger partial charge in [0.05, 0.1) is 16.8 Å². The second kappa shape index (κ2) is 7.25. The third-order valence-corrected chi connectivity index (χ3v) is 4.71. The number of aromatic nitrogens is 2. The predicted molar refractivity (Wildman–Crippen MR) is 97.2 cm³/mol. The van der Waals surface area contributed by atoms with Gasteiger partial charge < -0.3 is 10.8 Å². The normalized spacial score (nSPS) is 20.9. The zero-order valence-electron chi connectivity index (χ0n) is 13.5. The molecular weight excluding hydrogens is 344 g/mol. The van der Waals surface area contributed by atoms with Gasteiger partial charge in [-0.2, -0.15) is 0 Å². The zero-order valence-corrected chi connectivity index (χ0v) is 14.2. The number of nitrogens with one attached hydrogen (secondary N) is 1. The Morgan fingerprint density at radius 2 is 2.00 bits per heavy atom. The highest BCUT2D eigenvalue weighted by Crippen LogP contribution is 2.23. The molecule has 0 saturated heterocycles. The van der Waals surface area contributed by atoms with E-state index in [1.54, 1.807) is 24.3 Å². The molecule has 1 saturated carbocycles. The molecule has 2 aromatic rings. The molecule has 25 heavy (non-hydrogen) atoms. The summed E-state index contributed by atoms with van der Waals surface area (Å²) in [6, 6.07) is 6.36. The van der Waals surface area contributed by atoms with Gasteiger partial charge in [0.1, 0.15) is 5.56 Å². The standard InChI is InChI=1S/C17H19ClN4O3/c18-11-5-1-4-8-14(11)22-16(24)10(15(23)21-17(22)25)9-20-13-7-3-2-6-12(13)19/h1,4-5,8-9,12-13,24H,2-3,6-7,19H2,(H,21,23,25)/t12-,13-/m0/s1. The van der Waals surface area contributed by atoms with Crippen molar-refractivity contribution < 1.29 is 5.11 Å². The maximum Gasteiger partial charge on any atom is 0.335 e. The molecule has 3 rings (SSSR count). The molecule has 1 fully saturated rings. The van der Waals surface area contributed by atoms with Gasteiger partial charge >= 0.3 is 5.69 Å². The zero-order chi connectivity index (χ0) is 18.0. The average Bonchev–Trinajstić information content (AvgIpc) is 2.57. The predicted octanol–water partition coefficient (Wildman–Crippen LogP) is 1.57. The Balaban J connectivity index is 2.06. The van der Waals surface area contributed by atoms with E-state index in [2.05, 4.69) is 9.98 Å². The number of aromatic hydroxyl groups is 1. The molecule has 7 nitrogen and oxygen atoms in total. The van der Waals surface area contributed by atoms with Crippen LogP contribution in [0.3, 0.4) is 0 Å². The van der Waals surface area contributed by atoms with Crippen molar-refractivity contribution in [1.29, 1.82) is 0 Å². The fourth-order valence-electron chi connectivity index (χ4n) is 3.01. The van der Waals surface area contributed by atoms with Crippen LogP contribution in [0.25, 0.3) is 5.69 Å². The van der Waals surface area contributed by atoms with Gasteiger partial charge in [-0.25, -0.2) is 9.36 Å². The van der Waals surface area contributed by atoms with Crippen LogP contribution in [0, 0.1) is 0 Å². The highest BCUT2D eigenvalue weighted by molar-refractivity contribution is 6.32. The van der Waals surface area contributed by atoms with Crippen LogP contribution in [0.15, 0.2) is 38.8 Å². The van der Waals surface area contributed by atoms with E-state index >= 15 is 0 Å². The molecule has 0 spiro atoms. The van der Waals surface area contributed by atoms with Crippen LogP contribution in [-0.2, 0) is 0 Å². The van der Waals surface area contributed by atoms with Crippen molar-refractivity contribution in [3.05, 3.63) is 55.7 Å². The smallest absolute Gasteiger partial charge is 0.335 e. The van der Waals surface area contributed by atoms with Gasteiger partial charge in [-0.05, 0) is 25.0 Å². The van der Waals surface area contributed by atoms with E-state index in [0.717, 1.165) is 30.3 Å². The molecule has 2 atom stereocenters. The molecule has 0 unspecified atom stereocenters. The number of hydrogen-bond acceptors (Lipinski definition) is 5. The Kier molecular flexibility index (Phi) is 5.06. The van der Waals surface area contributed by atoms with Gasteiger partial charge in [-0.1, -0.05) is 36.6 Å². The average molecular weight is 363 g/mol. The number of benzene rings is 1. The molecular formula is C17H19ClN4O3. The molecule has 1 aliphatic carbocycles. The fourth-order valence-corrected chi connectivity index (χ4v) is 3.23. The highest BCUT2D eigenvalue weighted by atomic mass is 35.5. The number of nitrogens with zero attached hydrogens (tertiary/aromatic N) is 2. The van der Waals surface area contributed by atoms with E-state index in [0.29, 0.717) is 0 Å². The van der Waals surface area contributed by atoms with Crippen molar-refractivity contribution >= 4 is 17.8 Å². The number of aromatic amines is 1. The Morgan fingerprint density at radius 3 is 2.72 bits per heavy atom. The van der Waals surface area contributed by atoms with Crippen LogP contribution in [0.1, 0.15) is 31.2 Å². The van der Waals surface area contributed by atoms with E-state index in [1.807, 2.05) is 0 Å². The lowest BCUT2D eigenvalue weighted by atomic mass is 9.91. The number of nitrogens with two attached hydrogens (primary N) is 1. The molecule has 0 bridgehead atoms. The van der Waals surface area contributed by atoms with Crippen molar-refractivity contribution in [3.63, 3.8) is 0 Å². The van der Waals surface area contributed by atoms with Gasteiger partial charge in [0.2, 0.25) is 5.88 Å². The molecule has 1 aromatic carbocycles. The molecule has 132 valence electrons. The van der Waals surface area contributed by atoms with E-state index in [4.69, 9.17) is 17.3 Å². The topological polar surface area (TPSA) is 113 Å². The summed E-state index contributed by atoms with van der Waals surface area (Å²) in [5, 5.41) is 10.8. The monoisotopic (exact) mass is 362 g/mol. The van der Waals surface area contributed by atoms with Gasteiger partial charge in [0, 0.05) is 12.3 Å². The largest absolute Gasteiger partial charge is 0.493 e. The SMILES string of the molecule is N[C@H]1CCCC[C@@H]1N=Cc1c(O)n(-c2ccccc2Cl)c(=O)[nH]c1=O. The van der Waals surface area contributed by atoms with Crippen LogP contribution in [-0.4, -0.2) is 33.0 Å². The van der Waals surface area contributed by atoms with Crippen molar-refractivity contribution in [1.82, 2.24) is 9.55 Å². The third-order valence-electron chi connectivity index (χ3n) is 4.39. The molecule has 1 aromatic heterocycles. The number of para-hydroxylation sites is 1. The summed E-state index contributed by atoms with van der Waals surface area (Å²) in [6.07, 6.45) is 5.09. The van der Waals surface area contributed by atoms with Crippen LogP contribution < -0.4 is 17.0 Å². The van der Waals surface area contributed by atoms with Gasteiger partial charge in [-0.15, -0.1) is 0 Å². The van der Waals surface area contributed by atoms with Crippen LogP contribution in [0.4, 0.5) is 0 Å². The molecule has 1 heterocycles. The molecule has 0 amide bonds. The van der Waals surface area contributed by atoms with Crippen molar-refractivity contribution in [3.8, 4) is 11.6 Å². The van der Waals surface area contributed by atoms with E-state index in [9.17, 15) is 14.7 Å². The number of halogens is 1. The number of hydrogen-bond donors (Lipinski definition) is 3. The third kappa shape index (κ3) is 3.52. The minimum absolute atomic E-state index is 0.0688. The summed E-state index contributed by atoms with van der Waals surface area (Å²) in [4.78, 5) is 30.8. The van der Waals surface area contributed by atoms with Crippen LogP contribution in [0.5, 0.6) is 5.88 Å². The van der Waals surface area contributed by atoms with Gasteiger partial charge in [-0.3, -0.25) is 14.8 Å². The number of rotatable bonds is 3. The van der Waals surface area contributed by atoms with Crippen molar-refractivity contribution in [2.75, 3.05) is 0 Å². The Morgan fingerprint density at radius 1 is 1.28 bits per heavy atom. The molecule has 8 heteroatoms. The second-order valence-electron chi connectivity index (χ2n) is 6.08. The maximum atomic E-state index is 12.1. The minimum Gasteiger partial charge on any atom is -0.493 e. The minimum atomic E-state index is -0.776. The van der Waals surface area contributed by atoms with E-state index in [-0.39, 0.29) is 28.4 Å². The summed E-state index contributed by atoms with van der Waals surface area (Å²) in [7, 11) is 0. The van der Waals surface area contributed by atoms with Crippen LogP contribution >= 0.6 is 11.6 Å². The quantitative estimate of drug-likeness (QED) is 0.719. The highest BCUT2D eigenvalue weighted by Gasteiger charge is 2.21. The first-order valence-electron chi connectivity index (χ1n) is 8.11. The number of H-pyrrole nitrogens is 1. The lowest BCUT2D eigenvalue weighted by Gasteiger charge is -2.24. The first-order chi connectivity index (χ1) is 12.0. The first kappa shape index (κ1) is 17.4. The van der Waals surface area contributed by atoms with Gasteiger partial charge in [0.15, 0.2) is 0 Å². The van der Waals surface area contributed by atoms with E-state index in [1.165, 1.54) is 6.21 Å². The molecule has 1 aliphatic rings. The molecule has 0 radical (unpaired) electrons. The van der Waals surface area contributed by atoms with Crippen molar-refractivity contribution in [2.45, 2.75) is 37.8 Å².